The van der Waals surface area contributed by atoms with Crippen LogP contribution in [0.4, 0.5) is 5.82 Å². The van der Waals surface area contributed by atoms with Crippen LogP contribution in [0.3, 0.4) is 0 Å². The molecule has 0 N–H and O–H groups in total. The summed E-state index contributed by atoms with van der Waals surface area (Å²) in [4.78, 5) is 10.5. The van der Waals surface area contributed by atoms with E-state index in [9.17, 15) is 0 Å². The van der Waals surface area contributed by atoms with Gasteiger partial charge in [0.1, 0.15) is 12.1 Å². The SMILES string of the molecule is [CH2]CC1CCN(c2ccncn2)CC1. The molecule has 1 radical (unpaired) electrons. The number of piperidine rings is 1. The van der Waals surface area contributed by atoms with Gasteiger partial charge >= 0.3 is 0 Å². The van der Waals surface area contributed by atoms with Crippen molar-refractivity contribution in [3.05, 3.63) is 25.5 Å². The lowest BCUT2D eigenvalue weighted by atomic mass is 9.94. The molecule has 1 aliphatic heterocycles. The molecule has 0 saturated carbocycles. The number of nitrogens with zero attached hydrogens (tertiary/aromatic N) is 3. The summed E-state index contributed by atoms with van der Waals surface area (Å²) in [5.41, 5.74) is 0. The van der Waals surface area contributed by atoms with Crippen LogP contribution in [-0.2, 0) is 0 Å². The van der Waals surface area contributed by atoms with Crippen LogP contribution in [0, 0.1) is 12.8 Å². The summed E-state index contributed by atoms with van der Waals surface area (Å²) in [6.45, 7) is 6.18. The zero-order chi connectivity index (χ0) is 9.80. The molecule has 1 aromatic rings. The van der Waals surface area contributed by atoms with Gasteiger partial charge < -0.3 is 4.90 Å². The summed E-state index contributed by atoms with van der Waals surface area (Å²) < 4.78 is 0. The van der Waals surface area contributed by atoms with Crippen molar-refractivity contribution in [2.24, 2.45) is 5.92 Å². The molecule has 1 aliphatic rings. The average Bonchev–Trinajstić information content (AvgIpc) is 2.30. The maximum atomic E-state index is 4.25. The minimum absolute atomic E-state index is 0.813. The fourth-order valence-corrected chi connectivity index (χ4v) is 1.92. The van der Waals surface area contributed by atoms with Gasteiger partial charge in [-0.25, -0.2) is 9.97 Å². The minimum atomic E-state index is 0.813. The topological polar surface area (TPSA) is 29.0 Å². The molecule has 2 rings (SSSR count). The molecule has 1 fully saturated rings. The van der Waals surface area contributed by atoms with Crippen LogP contribution in [-0.4, -0.2) is 23.1 Å². The molecule has 2 heterocycles. The lowest BCUT2D eigenvalue weighted by Crippen LogP contribution is -2.33. The molecule has 0 aliphatic carbocycles. The summed E-state index contributed by atoms with van der Waals surface area (Å²) in [6.07, 6.45) is 6.97. The van der Waals surface area contributed by atoms with Crippen molar-refractivity contribution in [1.82, 2.24) is 9.97 Å². The van der Waals surface area contributed by atoms with Gasteiger partial charge in [0.15, 0.2) is 0 Å². The van der Waals surface area contributed by atoms with Crippen LogP contribution >= 0.6 is 0 Å². The van der Waals surface area contributed by atoms with Crippen LogP contribution in [0.2, 0.25) is 0 Å². The van der Waals surface area contributed by atoms with E-state index in [0.717, 1.165) is 31.2 Å². The highest BCUT2D eigenvalue weighted by molar-refractivity contribution is 5.36. The molecular formula is C11H16N3. The van der Waals surface area contributed by atoms with Crippen LogP contribution in [0.5, 0.6) is 0 Å². The maximum Gasteiger partial charge on any atom is 0.131 e. The summed E-state index contributed by atoms with van der Waals surface area (Å²) in [7, 11) is 0. The van der Waals surface area contributed by atoms with Crippen molar-refractivity contribution in [2.75, 3.05) is 18.0 Å². The quantitative estimate of drug-likeness (QED) is 0.713. The molecule has 0 aromatic carbocycles. The first-order chi connectivity index (χ1) is 6.90. The van der Waals surface area contributed by atoms with E-state index in [-0.39, 0.29) is 0 Å². The van der Waals surface area contributed by atoms with E-state index in [0.29, 0.717) is 0 Å². The molecule has 0 atom stereocenters. The van der Waals surface area contributed by atoms with E-state index in [2.05, 4.69) is 21.8 Å². The van der Waals surface area contributed by atoms with E-state index >= 15 is 0 Å². The second-order valence-electron chi connectivity index (χ2n) is 3.79. The highest BCUT2D eigenvalue weighted by Gasteiger charge is 2.18. The Balaban J connectivity index is 1.96. The Bertz CT molecular complexity index is 265. The van der Waals surface area contributed by atoms with Crippen molar-refractivity contribution in [1.29, 1.82) is 0 Å². The molecule has 0 spiro atoms. The van der Waals surface area contributed by atoms with Crippen LogP contribution < -0.4 is 4.90 Å². The number of hydrogen-bond acceptors (Lipinski definition) is 3. The standard InChI is InChI=1S/C11H16N3/c1-2-10-4-7-14(8-5-10)11-3-6-12-9-13-11/h3,6,9-10H,1-2,4-5,7-8H2. The van der Waals surface area contributed by atoms with Gasteiger partial charge in [-0.1, -0.05) is 13.3 Å². The first kappa shape index (κ1) is 9.44. The van der Waals surface area contributed by atoms with Crippen molar-refractivity contribution in [3.63, 3.8) is 0 Å². The highest BCUT2D eigenvalue weighted by Crippen LogP contribution is 2.22. The monoisotopic (exact) mass is 190 g/mol. The molecule has 0 unspecified atom stereocenters. The first-order valence-corrected chi connectivity index (χ1v) is 5.20. The lowest BCUT2D eigenvalue weighted by Gasteiger charge is -2.32. The summed E-state index contributed by atoms with van der Waals surface area (Å²) in [5.74, 6) is 1.87. The van der Waals surface area contributed by atoms with Crippen molar-refractivity contribution in [3.8, 4) is 0 Å². The number of aromatic nitrogens is 2. The second-order valence-corrected chi connectivity index (χ2v) is 3.79. The van der Waals surface area contributed by atoms with Crippen molar-refractivity contribution in [2.45, 2.75) is 19.3 Å². The summed E-state index contributed by atoms with van der Waals surface area (Å²) in [5, 5.41) is 0. The highest BCUT2D eigenvalue weighted by atomic mass is 15.2. The van der Waals surface area contributed by atoms with Gasteiger partial charge in [0.25, 0.3) is 0 Å². The third kappa shape index (κ3) is 2.03. The summed E-state index contributed by atoms with van der Waals surface area (Å²) in [6, 6.07) is 1.98. The molecular weight excluding hydrogens is 174 g/mol. The predicted molar refractivity (Wildman–Crippen MR) is 56.9 cm³/mol. The number of anilines is 1. The van der Waals surface area contributed by atoms with E-state index in [1.165, 1.54) is 12.8 Å². The fraction of sp³-hybridized carbons (Fsp3) is 0.545. The smallest absolute Gasteiger partial charge is 0.131 e. The third-order valence-corrected chi connectivity index (χ3v) is 2.91. The first-order valence-electron chi connectivity index (χ1n) is 5.20. The molecule has 0 bridgehead atoms. The molecule has 3 heteroatoms. The van der Waals surface area contributed by atoms with Crippen LogP contribution in [0.25, 0.3) is 0 Å². The zero-order valence-corrected chi connectivity index (χ0v) is 8.39. The van der Waals surface area contributed by atoms with Gasteiger partial charge in [0, 0.05) is 19.3 Å². The van der Waals surface area contributed by atoms with Gasteiger partial charge in [-0.15, -0.1) is 0 Å². The van der Waals surface area contributed by atoms with Crippen molar-refractivity contribution < 1.29 is 0 Å². The fourth-order valence-electron chi connectivity index (χ4n) is 1.92. The second kappa shape index (κ2) is 4.40. The molecule has 3 nitrogen and oxygen atoms in total. The Morgan fingerprint density at radius 1 is 1.43 bits per heavy atom. The van der Waals surface area contributed by atoms with Gasteiger partial charge in [0.05, 0.1) is 0 Å². The normalized spacial score (nSPS) is 18.5. The van der Waals surface area contributed by atoms with Gasteiger partial charge in [-0.05, 0) is 24.8 Å². The van der Waals surface area contributed by atoms with E-state index < -0.39 is 0 Å². The Labute approximate surface area is 85.2 Å². The number of rotatable bonds is 2. The maximum absolute atomic E-state index is 4.25. The third-order valence-electron chi connectivity index (χ3n) is 2.91. The van der Waals surface area contributed by atoms with Crippen molar-refractivity contribution >= 4 is 5.82 Å². The predicted octanol–water partition coefficient (Wildman–Crippen LogP) is 1.92. The zero-order valence-electron chi connectivity index (χ0n) is 8.39. The molecule has 1 aromatic heterocycles. The van der Waals surface area contributed by atoms with Gasteiger partial charge in [0.2, 0.25) is 0 Å². The minimum Gasteiger partial charge on any atom is -0.357 e. The van der Waals surface area contributed by atoms with E-state index in [1.807, 2.05) is 6.07 Å². The van der Waals surface area contributed by atoms with E-state index in [4.69, 9.17) is 0 Å². The largest absolute Gasteiger partial charge is 0.357 e. The lowest BCUT2D eigenvalue weighted by molar-refractivity contribution is 0.407. The Kier molecular flexibility index (Phi) is 2.96. The Morgan fingerprint density at radius 3 is 2.79 bits per heavy atom. The van der Waals surface area contributed by atoms with Crippen LogP contribution in [0.15, 0.2) is 18.6 Å². The average molecular weight is 190 g/mol. The Morgan fingerprint density at radius 2 is 2.21 bits per heavy atom. The molecule has 14 heavy (non-hydrogen) atoms. The molecule has 0 amide bonds. The van der Waals surface area contributed by atoms with Gasteiger partial charge in [-0.2, -0.15) is 0 Å². The summed E-state index contributed by atoms with van der Waals surface area (Å²) >= 11 is 0. The van der Waals surface area contributed by atoms with Crippen LogP contribution in [0.1, 0.15) is 19.3 Å². The Hall–Kier alpha value is -1.12. The molecule has 1 saturated heterocycles. The van der Waals surface area contributed by atoms with Gasteiger partial charge in [-0.3, -0.25) is 0 Å². The number of hydrogen-bond donors (Lipinski definition) is 0. The van der Waals surface area contributed by atoms with E-state index in [1.54, 1.807) is 12.5 Å². The molecule has 75 valence electrons.